The smallest absolute Gasteiger partial charge is 0.329 e. The molecule has 1 aliphatic rings. The second kappa shape index (κ2) is 11.1. The van der Waals surface area contributed by atoms with Crippen molar-refractivity contribution < 1.29 is 33.6 Å². The fourth-order valence-electron chi connectivity index (χ4n) is 3.40. The summed E-state index contributed by atoms with van der Waals surface area (Å²) in [5.74, 6) is -1.15. The lowest BCUT2D eigenvalue weighted by atomic mass is 10.0. The van der Waals surface area contributed by atoms with Crippen molar-refractivity contribution in [2.24, 2.45) is 5.92 Å². The number of ether oxygens (including phenoxy) is 4. The molecule has 1 aromatic heterocycles. The molecule has 1 saturated heterocycles. The third-order valence-corrected chi connectivity index (χ3v) is 4.94. The quantitative estimate of drug-likeness (QED) is 0.639. The van der Waals surface area contributed by atoms with Crippen molar-refractivity contribution in [3.8, 4) is 11.5 Å². The van der Waals surface area contributed by atoms with Crippen molar-refractivity contribution in [3.63, 3.8) is 0 Å². The summed E-state index contributed by atoms with van der Waals surface area (Å²) in [6.45, 7) is 6.45. The second-order valence-corrected chi connectivity index (χ2v) is 7.78. The first-order valence-electron chi connectivity index (χ1n) is 10.2. The van der Waals surface area contributed by atoms with Crippen LogP contribution in [-0.4, -0.2) is 67.1 Å². The lowest BCUT2D eigenvalue weighted by Crippen LogP contribution is -2.45. The van der Waals surface area contributed by atoms with Gasteiger partial charge in [0, 0.05) is 26.0 Å². The van der Waals surface area contributed by atoms with Gasteiger partial charge >= 0.3 is 5.97 Å². The maximum absolute atomic E-state index is 12.7. The first-order chi connectivity index (χ1) is 14.3. The Hall–Kier alpha value is -2.39. The lowest BCUT2D eigenvalue weighted by molar-refractivity contribution is -0.164. The largest absolute Gasteiger partial charge is 0.503 e. The molecule has 0 spiro atoms. The van der Waals surface area contributed by atoms with Crippen LogP contribution in [0.3, 0.4) is 0 Å². The van der Waals surface area contributed by atoms with Gasteiger partial charge in [0.05, 0.1) is 13.2 Å². The van der Waals surface area contributed by atoms with Crippen molar-refractivity contribution in [3.05, 3.63) is 18.0 Å². The predicted octanol–water partition coefficient (Wildman–Crippen LogP) is 2.07. The van der Waals surface area contributed by atoms with E-state index in [2.05, 4.69) is 24.1 Å². The zero-order valence-electron chi connectivity index (χ0n) is 18.2. The molecule has 0 radical (unpaired) electrons. The molecule has 1 fully saturated rings. The van der Waals surface area contributed by atoms with Crippen molar-refractivity contribution in [1.29, 1.82) is 0 Å². The SMILES string of the molecule is COc1ccnc(C(=O)N[C@H]2CCC[C@H](OCC(C)C)[C@@H](OC)[C@H](C)OC2=O)c1O. The molecular weight excluding hydrogens is 392 g/mol. The summed E-state index contributed by atoms with van der Waals surface area (Å²) in [4.78, 5) is 29.2. The molecule has 0 unspecified atom stereocenters. The molecule has 30 heavy (non-hydrogen) atoms. The van der Waals surface area contributed by atoms with Gasteiger partial charge in [-0.05, 0) is 32.1 Å². The van der Waals surface area contributed by atoms with Gasteiger partial charge in [-0.25, -0.2) is 9.78 Å². The first kappa shape index (κ1) is 23.9. The number of nitrogens with one attached hydrogen (secondary N) is 1. The van der Waals surface area contributed by atoms with E-state index in [1.54, 1.807) is 14.0 Å². The van der Waals surface area contributed by atoms with Crippen LogP contribution in [0, 0.1) is 5.92 Å². The monoisotopic (exact) mass is 424 g/mol. The van der Waals surface area contributed by atoms with Crippen LogP contribution in [-0.2, 0) is 19.0 Å². The van der Waals surface area contributed by atoms with Crippen LogP contribution in [0.15, 0.2) is 12.3 Å². The van der Waals surface area contributed by atoms with Crippen LogP contribution in [0.4, 0.5) is 0 Å². The maximum atomic E-state index is 12.7. The Morgan fingerprint density at radius 3 is 2.73 bits per heavy atom. The van der Waals surface area contributed by atoms with Crippen molar-refractivity contribution >= 4 is 11.9 Å². The Morgan fingerprint density at radius 1 is 1.37 bits per heavy atom. The van der Waals surface area contributed by atoms with Crippen molar-refractivity contribution in [1.82, 2.24) is 10.3 Å². The molecule has 4 atom stereocenters. The van der Waals surface area contributed by atoms with E-state index in [1.165, 1.54) is 19.4 Å². The molecule has 0 bridgehead atoms. The van der Waals surface area contributed by atoms with Crippen molar-refractivity contribution in [2.45, 2.75) is 64.4 Å². The zero-order valence-corrected chi connectivity index (χ0v) is 18.2. The molecule has 2 rings (SSSR count). The predicted molar refractivity (Wildman–Crippen MR) is 108 cm³/mol. The third kappa shape index (κ3) is 6.06. The van der Waals surface area contributed by atoms with Gasteiger partial charge in [-0.15, -0.1) is 0 Å². The molecule has 2 N–H and O–H groups in total. The standard InChI is InChI=1S/C21H32N2O7/c1-12(2)11-29-16-8-6-7-14(21(26)30-13(3)19(16)28-5)23-20(25)17-18(24)15(27-4)9-10-22-17/h9-10,12-14,16,19,24H,6-8,11H2,1-5H3,(H,23,25)/t13-,14-,16-,19-/m0/s1. The molecule has 9 heteroatoms. The number of hydrogen-bond acceptors (Lipinski definition) is 8. The molecule has 1 aliphatic heterocycles. The molecule has 0 aromatic carbocycles. The van der Waals surface area contributed by atoms with Crippen LogP contribution < -0.4 is 10.1 Å². The van der Waals surface area contributed by atoms with Gasteiger partial charge in [-0.3, -0.25) is 4.79 Å². The highest BCUT2D eigenvalue weighted by atomic mass is 16.6. The average molecular weight is 424 g/mol. The van der Waals surface area contributed by atoms with Gasteiger partial charge in [0.15, 0.2) is 17.2 Å². The highest BCUT2D eigenvalue weighted by Crippen LogP contribution is 2.28. The zero-order chi connectivity index (χ0) is 22.3. The number of rotatable bonds is 7. The Labute approximate surface area is 177 Å². The van der Waals surface area contributed by atoms with E-state index in [0.717, 1.165) is 0 Å². The number of esters is 1. The van der Waals surface area contributed by atoms with E-state index < -0.39 is 30.1 Å². The first-order valence-corrected chi connectivity index (χ1v) is 10.2. The molecule has 2 heterocycles. The summed E-state index contributed by atoms with van der Waals surface area (Å²) in [5.41, 5.74) is -0.219. The maximum Gasteiger partial charge on any atom is 0.329 e. The summed E-state index contributed by atoms with van der Waals surface area (Å²) in [6.07, 6.45) is 1.79. The van der Waals surface area contributed by atoms with Crippen molar-refractivity contribution in [2.75, 3.05) is 20.8 Å². The number of carbonyl (C=O) groups is 2. The highest BCUT2D eigenvalue weighted by Gasteiger charge is 2.35. The van der Waals surface area contributed by atoms with Crippen LogP contribution in [0.1, 0.15) is 50.5 Å². The minimum Gasteiger partial charge on any atom is -0.503 e. The van der Waals surface area contributed by atoms with Gasteiger partial charge < -0.3 is 29.4 Å². The van der Waals surface area contributed by atoms with Gasteiger partial charge in [0.1, 0.15) is 18.2 Å². The average Bonchev–Trinajstić information content (AvgIpc) is 2.75. The molecule has 1 amide bonds. The Morgan fingerprint density at radius 2 is 2.10 bits per heavy atom. The number of aromatic nitrogens is 1. The minimum absolute atomic E-state index is 0.119. The van der Waals surface area contributed by atoms with E-state index in [4.69, 9.17) is 18.9 Å². The Kier molecular flexibility index (Phi) is 8.86. The third-order valence-electron chi connectivity index (χ3n) is 4.94. The van der Waals surface area contributed by atoms with Crippen LogP contribution >= 0.6 is 0 Å². The molecule has 0 saturated carbocycles. The van der Waals surface area contributed by atoms with Gasteiger partial charge in [0.25, 0.3) is 5.91 Å². The Bertz CT molecular complexity index is 725. The Balaban J connectivity index is 2.13. The number of carbonyl (C=O) groups excluding carboxylic acids is 2. The summed E-state index contributed by atoms with van der Waals surface area (Å²) in [5, 5.41) is 12.8. The second-order valence-electron chi connectivity index (χ2n) is 7.78. The normalized spacial score (nSPS) is 25.1. The number of pyridine rings is 1. The fourth-order valence-corrected chi connectivity index (χ4v) is 3.40. The van der Waals surface area contributed by atoms with E-state index in [9.17, 15) is 14.7 Å². The van der Waals surface area contributed by atoms with Gasteiger partial charge in [-0.1, -0.05) is 13.8 Å². The van der Waals surface area contributed by atoms with Gasteiger partial charge in [0.2, 0.25) is 0 Å². The number of aromatic hydroxyl groups is 1. The molecule has 168 valence electrons. The topological polar surface area (TPSA) is 116 Å². The summed E-state index contributed by atoms with van der Waals surface area (Å²) in [6, 6.07) is 0.554. The minimum atomic E-state index is -0.881. The summed E-state index contributed by atoms with van der Waals surface area (Å²) in [7, 11) is 2.94. The molecule has 1 aromatic rings. The number of nitrogens with zero attached hydrogens (tertiary/aromatic N) is 1. The highest BCUT2D eigenvalue weighted by molar-refractivity contribution is 5.97. The summed E-state index contributed by atoms with van der Waals surface area (Å²) < 4.78 is 22.1. The molecule has 9 nitrogen and oxygen atoms in total. The molecular formula is C21H32N2O7. The number of cyclic esters (lactones) is 1. The number of amides is 1. The molecule has 0 aliphatic carbocycles. The lowest BCUT2D eigenvalue weighted by Gasteiger charge is -2.30. The van der Waals surface area contributed by atoms with E-state index in [0.29, 0.717) is 31.8 Å². The number of methoxy groups -OCH3 is 2. The fraction of sp³-hybridized carbons (Fsp3) is 0.667. The van der Waals surface area contributed by atoms with Crippen LogP contribution in [0.5, 0.6) is 11.5 Å². The summed E-state index contributed by atoms with van der Waals surface area (Å²) >= 11 is 0. The van der Waals surface area contributed by atoms with Crippen LogP contribution in [0.2, 0.25) is 0 Å². The van der Waals surface area contributed by atoms with Crippen LogP contribution in [0.25, 0.3) is 0 Å². The number of hydrogen-bond donors (Lipinski definition) is 2. The van der Waals surface area contributed by atoms with E-state index in [1.807, 2.05) is 0 Å². The van der Waals surface area contributed by atoms with Gasteiger partial charge in [-0.2, -0.15) is 0 Å². The van der Waals surface area contributed by atoms with E-state index >= 15 is 0 Å². The van der Waals surface area contributed by atoms with E-state index in [-0.39, 0.29) is 23.3 Å².